The van der Waals surface area contributed by atoms with Crippen LogP contribution in [0.15, 0.2) is 35.1 Å². The number of rotatable bonds is 4. The van der Waals surface area contributed by atoms with Gasteiger partial charge in [-0.25, -0.2) is 4.98 Å². The van der Waals surface area contributed by atoms with Crippen LogP contribution < -0.4 is 40.2 Å². The Kier molecular flexibility index (Phi) is 5.50. The number of hydrogen-bond acceptors (Lipinski definition) is 6. The molecule has 1 aromatic carbocycles. The van der Waals surface area contributed by atoms with E-state index >= 15 is 0 Å². The summed E-state index contributed by atoms with van der Waals surface area (Å²) in [5.74, 6) is -0.198. The molecule has 9 heteroatoms. The molecule has 7 nitrogen and oxygen atoms in total. The number of nitrogens with zero attached hydrogens (tertiary/aromatic N) is 4. The van der Waals surface area contributed by atoms with E-state index < -0.39 is 0 Å². The van der Waals surface area contributed by atoms with Crippen molar-refractivity contribution in [1.82, 2.24) is 19.3 Å². The van der Waals surface area contributed by atoms with Gasteiger partial charge in [-0.15, -0.1) is 0 Å². The van der Waals surface area contributed by atoms with E-state index in [4.69, 9.17) is 4.74 Å². The summed E-state index contributed by atoms with van der Waals surface area (Å²) in [6.45, 7) is 2.54. The van der Waals surface area contributed by atoms with Crippen molar-refractivity contribution in [2.75, 3.05) is 13.7 Å². The SMILES string of the molecule is COCCn1c([O-])cc2nn(-c3nc4ccccc4s3)c(=O)c-2c1C.[Na+]. The van der Waals surface area contributed by atoms with Crippen LogP contribution in [0.4, 0.5) is 0 Å². The molecular weight excluding hydrogens is 363 g/mol. The third kappa shape index (κ3) is 3.08. The van der Waals surface area contributed by atoms with Gasteiger partial charge in [-0.3, -0.25) is 4.79 Å². The Bertz CT molecular complexity index is 1070. The van der Waals surface area contributed by atoms with E-state index in [9.17, 15) is 9.90 Å². The number of benzene rings is 1. The van der Waals surface area contributed by atoms with Crippen molar-refractivity contribution < 1.29 is 39.4 Å². The zero-order chi connectivity index (χ0) is 17.6. The monoisotopic (exact) mass is 378 g/mol. The molecule has 3 heterocycles. The molecule has 0 amide bonds. The fraction of sp³-hybridized carbons (Fsp3) is 0.235. The first-order chi connectivity index (χ1) is 12.1. The molecule has 4 rings (SSSR count). The van der Waals surface area contributed by atoms with Gasteiger partial charge in [0.1, 0.15) is 0 Å². The van der Waals surface area contributed by atoms with E-state index in [1.54, 1.807) is 14.0 Å². The quantitative estimate of drug-likeness (QED) is 0.416. The van der Waals surface area contributed by atoms with E-state index in [1.807, 2.05) is 24.3 Å². The molecule has 0 aliphatic carbocycles. The van der Waals surface area contributed by atoms with Crippen molar-refractivity contribution in [3.05, 3.63) is 46.4 Å². The number of methoxy groups -OCH3 is 1. The molecule has 0 fully saturated rings. The molecule has 2 aliphatic heterocycles. The summed E-state index contributed by atoms with van der Waals surface area (Å²) in [5, 5.41) is 17.1. The zero-order valence-electron chi connectivity index (χ0n) is 14.7. The summed E-state index contributed by atoms with van der Waals surface area (Å²) in [5.41, 5.74) is 1.97. The Morgan fingerprint density at radius 1 is 1.31 bits per heavy atom. The van der Waals surface area contributed by atoms with Crippen molar-refractivity contribution in [3.8, 4) is 22.3 Å². The standard InChI is InChI=1S/C17H16N4O3S.Na/c1-10-15-12(9-14(22)20(10)7-8-24-2)19-21(16(15)23)17-18-11-5-3-4-6-13(11)25-17;/h3-6,9,22H,7-8H2,1-2H3;/q;+1/p-1. The van der Waals surface area contributed by atoms with Crippen molar-refractivity contribution in [2.24, 2.45) is 0 Å². The summed E-state index contributed by atoms with van der Waals surface area (Å²) in [7, 11) is 1.57. The number of hydrogen-bond donors (Lipinski definition) is 0. The average Bonchev–Trinajstić information content (AvgIpc) is 3.15. The predicted molar refractivity (Wildman–Crippen MR) is 93.7 cm³/mol. The molecule has 0 saturated carbocycles. The Labute approximate surface area is 175 Å². The van der Waals surface area contributed by atoms with Gasteiger partial charge in [0.05, 0.1) is 28.1 Å². The van der Waals surface area contributed by atoms with E-state index in [0.29, 0.717) is 35.2 Å². The Balaban J connectivity index is 0.00000196. The summed E-state index contributed by atoms with van der Waals surface area (Å²) < 4.78 is 8.84. The number of thiazole rings is 1. The zero-order valence-corrected chi connectivity index (χ0v) is 17.5. The maximum absolute atomic E-state index is 12.9. The first-order valence-electron chi connectivity index (χ1n) is 7.75. The number of ether oxygens (including phenoxy) is 1. The second-order valence-corrected chi connectivity index (χ2v) is 6.66. The minimum Gasteiger partial charge on any atom is -0.860 e. The molecule has 0 unspecified atom stereocenters. The van der Waals surface area contributed by atoms with E-state index in [2.05, 4.69) is 10.1 Å². The van der Waals surface area contributed by atoms with Crippen molar-refractivity contribution in [2.45, 2.75) is 13.5 Å². The van der Waals surface area contributed by atoms with Crippen LogP contribution in [0.3, 0.4) is 0 Å². The maximum atomic E-state index is 12.9. The first kappa shape index (κ1) is 19.1. The molecule has 0 N–H and O–H groups in total. The second kappa shape index (κ2) is 7.50. The Morgan fingerprint density at radius 3 is 2.81 bits per heavy atom. The summed E-state index contributed by atoms with van der Waals surface area (Å²) in [6, 6.07) is 9.06. The molecule has 0 radical (unpaired) electrons. The number of aromatic nitrogens is 4. The van der Waals surface area contributed by atoms with Crippen LogP contribution >= 0.6 is 11.3 Å². The van der Waals surface area contributed by atoms with Crippen molar-refractivity contribution >= 4 is 21.6 Å². The van der Waals surface area contributed by atoms with Gasteiger partial charge in [0, 0.05) is 19.3 Å². The van der Waals surface area contributed by atoms with E-state index in [1.165, 1.54) is 26.7 Å². The van der Waals surface area contributed by atoms with Gasteiger partial charge >= 0.3 is 29.6 Å². The molecule has 26 heavy (non-hydrogen) atoms. The molecule has 128 valence electrons. The van der Waals surface area contributed by atoms with Gasteiger partial charge in [0.25, 0.3) is 5.56 Å². The molecule has 2 aromatic rings. The van der Waals surface area contributed by atoms with Crippen LogP contribution in [0.2, 0.25) is 0 Å². The van der Waals surface area contributed by atoms with Gasteiger partial charge in [-0.05, 0) is 31.0 Å². The smallest absolute Gasteiger partial charge is 0.860 e. The van der Waals surface area contributed by atoms with Gasteiger partial charge in [0.2, 0.25) is 5.13 Å². The number of fused-ring (bicyclic) bond motifs is 2. The van der Waals surface area contributed by atoms with Crippen LogP contribution in [-0.4, -0.2) is 33.0 Å². The van der Waals surface area contributed by atoms with Crippen LogP contribution in [-0.2, 0) is 11.3 Å². The Hall–Kier alpha value is -1.71. The second-order valence-electron chi connectivity index (χ2n) is 5.65. The van der Waals surface area contributed by atoms with Crippen LogP contribution in [0.5, 0.6) is 5.88 Å². The number of pyridine rings is 1. The third-order valence-corrected chi connectivity index (χ3v) is 5.16. The van der Waals surface area contributed by atoms with Crippen LogP contribution in [0.1, 0.15) is 5.69 Å². The fourth-order valence-electron chi connectivity index (χ4n) is 2.90. The van der Waals surface area contributed by atoms with E-state index in [0.717, 1.165) is 10.2 Å². The van der Waals surface area contributed by atoms with Crippen LogP contribution in [0.25, 0.3) is 26.6 Å². The van der Waals surface area contributed by atoms with Crippen LogP contribution in [0, 0.1) is 6.92 Å². The minimum atomic E-state index is -0.266. The van der Waals surface area contributed by atoms with Gasteiger partial charge in [0.15, 0.2) is 0 Å². The largest absolute Gasteiger partial charge is 1.00 e. The van der Waals surface area contributed by atoms with E-state index in [-0.39, 0.29) is 41.0 Å². The van der Waals surface area contributed by atoms with Gasteiger partial charge < -0.3 is 14.4 Å². The molecule has 2 aliphatic rings. The summed E-state index contributed by atoms with van der Waals surface area (Å²) >= 11 is 1.39. The molecular formula is C17H15N4NaO3S. The summed E-state index contributed by atoms with van der Waals surface area (Å²) in [6.07, 6.45) is 0. The molecule has 0 spiro atoms. The molecule has 1 aromatic heterocycles. The molecule has 0 atom stereocenters. The number of para-hydroxylation sites is 1. The first-order valence-corrected chi connectivity index (χ1v) is 8.57. The predicted octanol–water partition coefficient (Wildman–Crippen LogP) is -1.22. The summed E-state index contributed by atoms with van der Waals surface area (Å²) in [4.78, 5) is 17.4. The normalized spacial score (nSPS) is 11.2. The Morgan fingerprint density at radius 2 is 2.08 bits per heavy atom. The van der Waals surface area contributed by atoms with Crippen molar-refractivity contribution in [3.63, 3.8) is 0 Å². The third-order valence-electron chi connectivity index (χ3n) is 4.15. The fourth-order valence-corrected chi connectivity index (χ4v) is 3.81. The average molecular weight is 378 g/mol. The van der Waals surface area contributed by atoms with Gasteiger partial charge in [-0.1, -0.05) is 23.5 Å². The molecule has 0 bridgehead atoms. The minimum absolute atomic E-state index is 0. The van der Waals surface area contributed by atoms with Crippen molar-refractivity contribution in [1.29, 1.82) is 0 Å². The topological polar surface area (TPSA) is 85.0 Å². The maximum Gasteiger partial charge on any atom is 1.00 e. The van der Waals surface area contributed by atoms with Gasteiger partial charge in [-0.2, -0.15) is 9.78 Å². The molecule has 0 saturated heterocycles.